The van der Waals surface area contributed by atoms with Crippen LogP contribution in [0.3, 0.4) is 0 Å². The second-order valence-electron chi connectivity index (χ2n) is 5.40. The molecule has 1 fully saturated rings. The van der Waals surface area contributed by atoms with Crippen LogP contribution in [-0.2, 0) is 16.3 Å². The van der Waals surface area contributed by atoms with Crippen molar-refractivity contribution >= 4 is 15.9 Å². The summed E-state index contributed by atoms with van der Waals surface area (Å²) in [5.74, 6) is 0.933. The number of para-hydroxylation sites is 1. The monoisotopic (exact) mass is 326 g/mol. The van der Waals surface area contributed by atoms with Gasteiger partial charge >= 0.3 is 6.03 Å². The van der Waals surface area contributed by atoms with Crippen LogP contribution in [0.15, 0.2) is 24.3 Å². The van der Waals surface area contributed by atoms with Crippen molar-refractivity contribution in [2.24, 2.45) is 0 Å². The van der Waals surface area contributed by atoms with E-state index in [0.717, 1.165) is 17.7 Å². The van der Waals surface area contributed by atoms with Crippen molar-refractivity contribution < 1.29 is 17.9 Å². The van der Waals surface area contributed by atoms with Gasteiger partial charge in [0.15, 0.2) is 16.6 Å². The molecule has 1 heterocycles. The summed E-state index contributed by atoms with van der Waals surface area (Å²) in [6, 6.07) is 7.08. The average Bonchev–Trinajstić information content (AvgIpc) is 2.87. The fourth-order valence-electron chi connectivity index (χ4n) is 2.48. The summed E-state index contributed by atoms with van der Waals surface area (Å²) in [5.41, 5.74) is 1.08. The summed E-state index contributed by atoms with van der Waals surface area (Å²) in [7, 11) is -1.39. The van der Waals surface area contributed by atoms with Crippen LogP contribution >= 0.6 is 0 Å². The first-order chi connectivity index (χ1) is 10.4. The molecule has 1 aliphatic rings. The number of urea groups is 1. The molecule has 1 aromatic carbocycles. The average molecular weight is 326 g/mol. The van der Waals surface area contributed by atoms with Gasteiger partial charge in [0.25, 0.3) is 0 Å². The molecule has 0 aliphatic carbocycles. The van der Waals surface area contributed by atoms with Gasteiger partial charge < -0.3 is 15.0 Å². The summed E-state index contributed by atoms with van der Waals surface area (Å²) in [4.78, 5) is 13.5. The molecule has 2 amide bonds. The maximum absolute atomic E-state index is 12.0. The zero-order valence-electron chi connectivity index (χ0n) is 12.9. The Kier molecular flexibility index (Phi) is 5.28. The largest absolute Gasteiger partial charge is 0.473 e. The van der Waals surface area contributed by atoms with E-state index in [1.54, 1.807) is 7.05 Å². The van der Waals surface area contributed by atoms with Crippen molar-refractivity contribution in [2.75, 3.05) is 25.3 Å². The normalized spacial score (nSPS) is 19.6. The second-order valence-corrected chi connectivity index (χ2v) is 7.63. The summed E-state index contributed by atoms with van der Waals surface area (Å²) >= 11 is 0. The molecule has 0 aromatic heterocycles. The molecule has 0 saturated carbocycles. The van der Waals surface area contributed by atoms with Crippen molar-refractivity contribution in [3.63, 3.8) is 0 Å². The smallest absolute Gasteiger partial charge is 0.320 e. The van der Waals surface area contributed by atoms with E-state index in [1.807, 2.05) is 31.2 Å². The molecule has 1 saturated heterocycles. The van der Waals surface area contributed by atoms with Crippen LogP contribution in [0.5, 0.6) is 5.75 Å². The number of hydrogen-bond acceptors (Lipinski definition) is 4. The summed E-state index contributed by atoms with van der Waals surface area (Å²) in [5, 5.41) is 2.66. The van der Waals surface area contributed by atoms with E-state index in [4.69, 9.17) is 4.74 Å². The topological polar surface area (TPSA) is 75.7 Å². The molecule has 0 radical (unpaired) electrons. The Morgan fingerprint density at radius 2 is 2.14 bits per heavy atom. The Morgan fingerprint density at radius 1 is 1.41 bits per heavy atom. The molecule has 2 rings (SSSR count). The number of nitrogens with one attached hydrogen (secondary N) is 1. The molecule has 1 N–H and O–H groups in total. The molecular weight excluding hydrogens is 304 g/mol. The number of aryl methyl sites for hydroxylation is 1. The van der Waals surface area contributed by atoms with Gasteiger partial charge in [-0.2, -0.15) is 0 Å². The molecule has 122 valence electrons. The fourth-order valence-corrected chi connectivity index (χ4v) is 4.26. The lowest BCUT2D eigenvalue weighted by Gasteiger charge is -2.23. The van der Waals surface area contributed by atoms with Gasteiger partial charge in [-0.25, -0.2) is 13.2 Å². The maximum Gasteiger partial charge on any atom is 0.320 e. The highest BCUT2D eigenvalue weighted by Crippen LogP contribution is 2.18. The van der Waals surface area contributed by atoms with E-state index in [9.17, 15) is 13.2 Å². The van der Waals surface area contributed by atoms with Gasteiger partial charge in [-0.05, 0) is 24.5 Å². The zero-order valence-corrected chi connectivity index (χ0v) is 13.7. The quantitative estimate of drug-likeness (QED) is 0.830. The molecular formula is C15H22N2O4S. The van der Waals surface area contributed by atoms with E-state index in [1.165, 1.54) is 4.90 Å². The van der Waals surface area contributed by atoms with Crippen molar-refractivity contribution in [1.29, 1.82) is 0 Å². The van der Waals surface area contributed by atoms with Crippen LogP contribution in [0.1, 0.15) is 18.9 Å². The summed E-state index contributed by atoms with van der Waals surface area (Å²) in [6.45, 7) is 2.09. The molecule has 1 aromatic rings. The predicted octanol–water partition coefficient (Wildman–Crippen LogP) is 1.41. The van der Waals surface area contributed by atoms with Crippen LogP contribution in [-0.4, -0.2) is 50.7 Å². The molecule has 6 nitrogen and oxygen atoms in total. The highest BCUT2D eigenvalue weighted by molar-refractivity contribution is 7.91. The standard InChI is InChI=1S/C15H22N2O4S/c1-3-12-6-4-5-7-14(12)21-11-16-15(18)17(2)13-8-9-22(19,20)10-13/h4-7,13H,3,8-11H2,1-2H3,(H,16,18). The number of amides is 2. The maximum atomic E-state index is 12.0. The van der Waals surface area contributed by atoms with Crippen molar-refractivity contribution in [2.45, 2.75) is 25.8 Å². The Balaban J connectivity index is 1.83. The van der Waals surface area contributed by atoms with Gasteiger partial charge in [0, 0.05) is 13.1 Å². The molecule has 1 unspecified atom stereocenters. The molecule has 0 spiro atoms. The van der Waals surface area contributed by atoms with Crippen LogP contribution in [0.2, 0.25) is 0 Å². The first-order valence-corrected chi connectivity index (χ1v) is 9.17. The Labute approximate surface area is 131 Å². The van der Waals surface area contributed by atoms with Gasteiger partial charge in [-0.15, -0.1) is 0 Å². The molecule has 7 heteroatoms. The third kappa shape index (κ3) is 4.13. The van der Waals surface area contributed by atoms with Gasteiger partial charge in [-0.1, -0.05) is 25.1 Å². The minimum Gasteiger partial charge on any atom is -0.473 e. The lowest BCUT2D eigenvalue weighted by Crippen LogP contribution is -2.45. The number of carbonyl (C=O) groups excluding carboxylic acids is 1. The van der Waals surface area contributed by atoms with Crippen molar-refractivity contribution in [3.05, 3.63) is 29.8 Å². The third-order valence-electron chi connectivity index (χ3n) is 3.88. The summed E-state index contributed by atoms with van der Waals surface area (Å²) in [6.07, 6.45) is 1.34. The zero-order chi connectivity index (χ0) is 16.2. The second kappa shape index (κ2) is 7.00. The van der Waals surface area contributed by atoms with Crippen molar-refractivity contribution in [1.82, 2.24) is 10.2 Å². The third-order valence-corrected chi connectivity index (χ3v) is 5.63. The lowest BCUT2D eigenvalue weighted by atomic mass is 10.1. The highest BCUT2D eigenvalue weighted by Gasteiger charge is 2.32. The van der Waals surface area contributed by atoms with E-state index in [2.05, 4.69) is 5.32 Å². The Morgan fingerprint density at radius 3 is 2.77 bits per heavy atom. The lowest BCUT2D eigenvalue weighted by molar-refractivity contribution is 0.182. The van der Waals surface area contributed by atoms with Gasteiger partial charge in [0.05, 0.1) is 11.5 Å². The number of nitrogens with zero attached hydrogens (tertiary/aromatic N) is 1. The van der Waals surface area contributed by atoms with Crippen LogP contribution in [0.25, 0.3) is 0 Å². The van der Waals surface area contributed by atoms with Crippen LogP contribution in [0.4, 0.5) is 4.79 Å². The van der Waals surface area contributed by atoms with E-state index in [0.29, 0.717) is 6.42 Å². The Bertz CT molecular complexity index is 630. The SMILES string of the molecule is CCc1ccccc1OCNC(=O)N(C)C1CCS(=O)(=O)C1. The molecule has 1 atom stereocenters. The number of carbonyl (C=O) groups is 1. The van der Waals surface area contributed by atoms with Crippen LogP contribution < -0.4 is 10.1 Å². The molecule has 1 aliphatic heterocycles. The minimum absolute atomic E-state index is 0.0381. The van der Waals surface area contributed by atoms with Gasteiger partial charge in [0.2, 0.25) is 0 Å². The summed E-state index contributed by atoms with van der Waals surface area (Å²) < 4.78 is 28.5. The first-order valence-electron chi connectivity index (χ1n) is 7.34. The number of benzene rings is 1. The van der Waals surface area contributed by atoms with E-state index < -0.39 is 9.84 Å². The highest BCUT2D eigenvalue weighted by atomic mass is 32.2. The minimum atomic E-state index is -3.00. The van der Waals surface area contributed by atoms with Gasteiger partial charge in [0.1, 0.15) is 5.75 Å². The number of hydrogen-bond donors (Lipinski definition) is 1. The number of ether oxygens (including phenoxy) is 1. The molecule has 22 heavy (non-hydrogen) atoms. The number of rotatable bonds is 5. The predicted molar refractivity (Wildman–Crippen MR) is 84.7 cm³/mol. The van der Waals surface area contributed by atoms with E-state index >= 15 is 0 Å². The first kappa shape index (κ1) is 16.6. The van der Waals surface area contributed by atoms with Crippen molar-refractivity contribution in [3.8, 4) is 5.75 Å². The number of sulfone groups is 1. The molecule has 0 bridgehead atoms. The Hall–Kier alpha value is -1.76. The fraction of sp³-hybridized carbons (Fsp3) is 0.533. The van der Waals surface area contributed by atoms with Gasteiger partial charge in [-0.3, -0.25) is 0 Å². The van der Waals surface area contributed by atoms with E-state index in [-0.39, 0.29) is 30.3 Å². The van der Waals surface area contributed by atoms with Crippen LogP contribution in [0, 0.1) is 0 Å².